The number of H-pyrrole nitrogens is 1. The number of nitrogens with zero attached hydrogens (tertiary/aromatic N) is 1. The van der Waals surface area contributed by atoms with Crippen molar-refractivity contribution in [2.45, 2.75) is 20.8 Å². The molecule has 1 aromatic heterocycles. The summed E-state index contributed by atoms with van der Waals surface area (Å²) in [7, 11) is 0. The Morgan fingerprint density at radius 2 is 1.83 bits per heavy atom. The van der Waals surface area contributed by atoms with Crippen molar-refractivity contribution in [1.82, 2.24) is 10.2 Å². The highest BCUT2D eigenvalue weighted by atomic mass is 16.2. The maximum Gasteiger partial charge on any atom is 0.229 e. The zero-order valence-electron chi connectivity index (χ0n) is 10.8. The Labute approximate surface area is 106 Å². The maximum absolute atomic E-state index is 11.8. The molecule has 0 aliphatic heterocycles. The minimum absolute atomic E-state index is 0.0109. The highest BCUT2D eigenvalue weighted by Gasteiger charge is 2.20. The third kappa shape index (κ3) is 2.77. The molecule has 1 amide bonds. The van der Waals surface area contributed by atoms with Crippen molar-refractivity contribution in [2.75, 3.05) is 5.32 Å². The summed E-state index contributed by atoms with van der Waals surface area (Å²) in [5.41, 5.74) is 2.42. The largest absolute Gasteiger partial charge is 0.326 e. The summed E-state index contributed by atoms with van der Waals surface area (Å²) in [4.78, 5) is 11.8. The summed E-state index contributed by atoms with van der Waals surface area (Å²) in [6, 6.07) is 9.58. The lowest BCUT2D eigenvalue weighted by Gasteiger charge is -2.17. The zero-order chi connectivity index (χ0) is 13.2. The van der Waals surface area contributed by atoms with Gasteiger partial charge in [-0.3, -0.25) is 9.89 Å². The minimum Gasteiger partial charge on any atom is -0.326 e. The van der Waals surface area contributed by atoms with Gasteiger partial charge < -0.3 is 5.32 Å². The molecule has 0 aliphatic rings. The molecule has 0 atom stereocenters. The first kappa shape index (κ1) is 12.4. The fourth-order valence-corrected chi connectivity index (χ4v) is 1.47. The third-order valence-electron chi connectivity index (χ3n) is 2.64. The van der Waals surface area contributed by atoms with Gasteiger partial charge in [-0.1, -0.05) is 32.9 Å². The van der Waals surface area contributed by atoms with Crippen LogP contribution in [-0.2, 0) is 4.79 Å². The summed E-state index contributed by atoms with van der Waals surface area (Å²) in [5.74, 6) is 0.0109. The Morgan fingerprint density at radius 3 is 2.33 bits per heavy atom. The molecule has 2 aromatic rings. The van der Waals surface area contributed by atoms with Gasteiger partial charge in [0.05, 0.1) is 5.69 Å². The van der Waals surface area contributed by atoms with Crippen LogP contribution in [0.1, 0.15) is 20.8 Å². The molecule has 2 rings (SSSR count). The highest BCUT2D eigenvalue weighted by molar-refractivity contribution is 5.94. The normalized spacial score (nSPS) is 11.3. The van der Waals surface area contributed by atoms with Gasteiger partial charge in [0.15, 0.2) is 0 Å². The van der Waals surface area contributed by atoms with Gasteiger partial charge in [0.1, 0.15) is 0 Å². The van der Waals surface area contributed by atoms with Crippen molar-refractivity contribution < 1.29 is 4.79 Å². The summed E-state index contributed by atoms with van der Waals surface area (Å²) < 4.78 is 0. The molecule has 0 spiro atoms. The number of rotatable bonds is 2. The van der Waals surface area contributed by atoms with Crippen molar-refractivity contribution >= 4 is 11.6 Å². The Hall–Kier alpha value is -2.10. The average molecular weight is 243 g/mol. The van der Waals surface area contributed by atoms with E-state index >= 15 is 0 Å². The Balaban J connectivity index is 2.12. The van der Waals surface area contributed by atoms with Gasteiger partial charge in [-0.25, -0.2) is 0 Å². The molecule has 0 radical (unpaired) electrons. The van der Waals surface area contributed by atoms with Crippen LogP contribution < -0.4 is 5.32 Å². The first-order valence-electron chi connectivity index (χ1n) is 5.88. The van der Waals surface area contributed by atoms with Gasteiger partial charge in [0.25, 0.3) is 0 Å². The smallest absolute Gasteiger partial charge is 0.229 e. The zero-order valence-corrected chi connectivity index (χ0v) is 10.8. The molecule has 0 bridgehead atoms. The second kappa shape index (κ2) is 4.64. The molecule has 4 heteroatoms. The molecule has 2 N–H and O–H groups in total. The van der Waals surface area contributed by atoms with Crippen LogP contribution in [0, 0.1) is 5.41 Å². The summed E-state index contributed by atoms with van der Waals surface area (Å²) in [6.07, 6.45) is 1.71. The molecule has 0 aliphatic carbocycles. The van der Waals surface area contributed by atoms with E-state index < -0.39 is 0 Å². The van der Waals surface area contributed by atoms with Gasteiger partial charge in [-0.15, -0.1) is 0 Å². The van der Waals surface area contributed by atoms with Crippen LogP contribution in [0.2, 0.25) is 0 Å². The first-order chi connectivity index (χ1) is 8.47. The molecule has 18 heavy (non-hydrogen) atoms. The van der Waals surface area contributed by atoms with Crippen LogP contribution in [0.5, 0.6) is 0 Å². The predicted molar refractivity (Wildman–Crippen MR) is 72.1 cm³/mol. The molecule has 1 aromatic carbocycles. The van der Waals surface area contributed by atoms with E-state index in [0.717, 1.165) is 16.9 Å². The fourth-order valence-electron chi connectivity index (χ4n) is 1.47. The molecule has 1 heterocycles. The minimum atomic E-state index is -0.387. The average Bonchev–Trinajstić information content (AvgIpc) is 2.82. The monoisotopic (exact) mass is 243 g/mol. The number of carbonyl (C=O) groups is 1. The Kier molecular flexibility index (Phi) is 3.19. The van der Waals surface area contributed by atoms with E-state index in [1.807, 2.05) is 51.1 Å². The van der Waals surface area contributed by atoms with Crippen LogP contribution in [0.3, 0.4) is 0 Å². The first-order valence-corrected chi connectivity index (χ1v) is 5.88. The lowest BCUT2D eigenvalue weighted by atomic mass is 9.95. The van der Waals surface area contributed by atoms with Crippen molar-refractivity contribution in [3.63, 3.8) is 0 Å². The lowest BCUT2D eigenvalue weighted by molar-refractivity contribution is -0.123. The van der Waals surface area contributed by atoms with Crippen LogP contribution in [0.15, 0.2) is 36.5 Å². The number of amides is 1. The van der Waals surface area contributed by atoms with Gasteiger partial charge in [-0.2, -0.15) is 5.10 Å². The molecular formula is C14H17N3O. The standard InChI is InChI=1S/C14H17N3O/c1-14(2,3)13(18)16-11-6-4-10(5-7-11)12-8-9-15-17-12/h4-9H,1-3H3,(H,15,17)(H,16,18). The Bertz CT molecular complexity index is 521. The van der Waals surface area contributed by atoms with E-state index in [1.165, 1.54) is 0 Å². The number of carbonyl (C=O) groups excluding carboxylic acids is 1. The van der Waals surface area contributed by atoms with Gasteiger partial charge in [-0.05, 0) is 23.8 Å². The van der Waals surface area contributed by atoms with Crippen molar-refractivity contribution in [1.29, 1.82) is 0 Å². The van der Waals surface area contributed by atoms with Crippen LogP contribution >= 0.6 is 0 Å². The van der Waals surface area contributed by atoms with E-state index in [-0.39, 0.29) is 11.3 Å². The molecule has 94 valence electrons. The number of aromatic amines is 1. The van der Waals surface area contributed by atoms with E-state index in [0.29, 0.717) is 0 Å². The van der Waals surface area contributed by atoms with E-state index in [1.54, 1.807) is 6.20 Å². The maximum atomic E-state index is 11.8. The molecule has 0 fully saturated rings. The van der Waals surface area contributed by atoms with E-state index in [9.17, 15) is 4.79 Å². The quantitative estimate of drug-likeness (QED) is 0.851. The van der Waals surface area contributed by atoms with E-state index in [4.69, 9.17) is 0 Å². The molecule has 0 unspecified atom stereocenters. The van der Waals surface area contributed by atoms with Crippen molar-refractivity contribution in [3.05, 3.63) is 36.5 Å². The van der Waals surface area contributed by atoms with Crippen LogP contribution in [-0.4, -0.2) is 16.1 Å². The van der Waals surface area contributed by atoms with Crippen molar-refractivity contribution in [2.24, 2.45) is 5.41 Å². The second-order valence-corrected chi connectivity index (χ2v) is 5.25. The molecule has 0 saturated heterocycles. The van der Waals surface area contributed by atoms with Gasteiger partial charge in [0, 0.05) is 17.3 Å². The summed E-state index contributed by atoms with van der Waals surface area (Å²) in [5, 5.41) is 9.70. The number of anilines is 1. The summed E-state index contributed by atoms with van der Waals surface area (Å²) >= 11 is 0. The molecular weight excluding hydrogens is 226 g/mol. The SMILES string of the molecule is CC(C)(C)C(=O)Nc1ccc(-c2ccn[nH]2)cc1. The van der Waals surface area contributed by atoms with Gasteiger partial charge in [0.2, 0.25) is 5.91 Å². The van der Waals surface area contributed by atoms with Crippen LogP contribution in [0.4, 0.5) is 5.69 Å². The number of nitrogens with one attached hydrogen (secondary N) is 2. The lowest BCUT2D eigenvalue weighted by Crippen LogP contribution is -2.27. The van der Waals surface area contributed by atoms with Crippen molar-refractivity contribution in [3.8, 4) is 11.3 Å². The third-order valence-corrected chi connectivity index (χ3v) is 2.64. The number of benzene rings is 1. The number of hydrogen-bond acceptors (Lipinski definition) is 2. The fraction of sp³-hybridized carbons (Fsp3) is 0.286. The predicted octanol–water partition coefficient (Wildman–Crippen LogP) is 3.06. The molecule has 0 saturated carbocycles. The van der Waals surface area contributed by atoms with E-state index in [2.05, 4.69) is 15.5 Å². The van der Waals surface area contributed by atoms with Gasteiger partial charge >= 0.3 is 0 Å². The second-order valence-electron chi connectivity index (χ2n) is 5.25. The topological polar surface area (TPSA) is 57.8 Å². The molecule has 4 nitrogen and oxygen atoms in total. The summed E-state index contributed by atoms with van der Waals surface area (Å²) in [6.45, 7) is 5.67. The highest BCUT2D eigenvalue weighted by Crippen LogP contribution is 2.21. The number of hydrogen-bond donors (Lipinski definition) is 2. The Morgan fingerprint density at radius 1 is 1.17 bits per heavy atom. The number of aromatic nitrogens is 2. The van der Waals surface area contributed by atoms with Crippen LogP contribution in [0.25, 0.3) is 11.3 Å².